The van der Waals surface area contributed by atoms with Gasteiger partial charge >= 0.3 is 19.1 Å². The monoisotopic (exact) mass is 768 g/mol. The van der Waals surface area contributed by atoms with Gasteiger partial charge in [-0.1, -0.05) is 39.8 Å². The molecule has 0 N–H and O–H groups in total. The molecule has 0 amide bonds. The van der Waals surface area contributed by atoms with E-state index in [0.717, 1.165) is 21.5 Å². The second-order valence-corrected chi connectivity index (χ2v) is 14.1. The Morgan fingerprint density at radius 3 is 1.64 bits per heavy atom. The molecule has 2 atom stereocenters. The summed E-state index contributed by atoms with van der Waals surface area (Å²) < 4.78 is 51.0. The summed E-state index contributed by atoms with van der Waals surface area (Å²) in [6.45, 7) is 26.4. The zero-order chi connectivity index (χ0) is 38.6. The summed E-state index contributed by atoms with van der Waals surface area (Å²) in [6, 6.07) is 0.580. The van der Waals surface area contributed by atoms with Crippen molar-refractivity contribution in [2.75, 3.05) is 13.2 Å². The fraction of sp³-hybridized carbons (Fsp3) is 0.556. The van der Waals surface area contributed by atoms with Crippen LogP contribution in [0.5, 0.6) is 0 Å². The number of halogens is 3. The lowest BCUT2D eigenvalue weighted by atomic mass is 9.85. The van der Waals surface area contributed by atoms with Crippen LogP contribution in [0.15, 0.2) is 63.9 Å². The van der Waals surface area contributed by atoms with Gasteiger partial charge in [0.15, 0.2) is 11.6 Å². The van der Waals surface area contributed by atoms with E-state index in [4.69, 9.17) is 18.8 Å². The van der Waals surface area contributed by atoms with Crippen molar-refractivity contribution in [1.82, 2.24) is 9.13 Å². The molecule has 1 aliphatic heterocycles. The van der Waals surface area contributed by atoms with E-state index < -0.39 is 46.8 Å². The lowest BCUT2D eigenvalue weighted by molar-refractivity contribution is -0.149. The van der Waals surface area contributed by atoms with Crippen molar-refractivity contribution in [2.24, 2.45) is 11.8 Å². The molecule has 2 aromatic rings. The highest BCUT2D eigenvalue weighted by molar-refractivity contribution is 9.10. The molecule has 1 saturated heterocycles. The van der Waals surface area contributed by atoms with Crippen LogP contribution in [0.4, 0.5) is 8.78 Å². The van der Waals surface area contributed by atoms with Crippen molar-refractivity contribution < 1.29 is 37.2 Å². The highest BCUT2D eigenvalue weighted by Crippen LogP contribution is 2.37. The molecule has 1 fully saturated rings. The molecule has 3 heterocycles. The van der Waals surface area contributed by atoms with Crippen molar-refractivity contribution in [3.05, 3.63) is 92.2 Å². The Kier molecular flexibility index (Phi) is 17.8. The second-order valence-electron chi connectivity index (χ2n) is 13.2. The van der Waals surface area contributed by atoms with Crippen LogP contribution in [0.3, 0.4) is 0 Å². The van der Waals surface area contributed by atoms with Crippen LogP contribution in [0, 0.1) is 23.5 Å². The van der Waals surface area contributed by atoms with Gasteiger partial charge in [-0.15, -0.1) is 13.2 Å². The summed E-state index contributed by atoms with van der Waals surface area (Å²) in [6.07, 6.45) is 7.50. The fourth-order valence-corrected chi connectivity index (χ4v) is 5.34. The number of carbonyl (C=O) groups is 2. The van der Waals surface area contributed by atoms with E-state index in [0.29, 0.717) is 16.5 Å². The van der Waals surface area contributed by atoms with Gasteiger partial charge in [0.2, 0.25) is 0 Å². The minimum absolute atomic E-state index is 0.118. The molecule has 0 aliphatic carbocycles. The van der Waals surface area contributed by atoms with Crippen LogP contribution in [0.25, 0.3) is 0 Å². The summed E-state index contributed by atoms with van der Waals surface area (Å²) in [5, 5.41) is 0. The number of carbonyl (C=O) groups excluding carboxylic acids is 2. The molecule has 0 radical (unpaired) electrons. The van der Waals surface area contributed by atoms with Crippen molar-refractivity contribution in [3.63, 3.8) is 0 Å². The maximum Gasteiger partial charge on any atom is 0.461 e. The molecular weight excluding hydrogens is 717 g/mol. The molecule has 0 bridgehead atoms. The predicted molar refractivity (Wildman–Crippen MR) is 195 cm³/mol. The number of nitrogens with zero attached hydrogens (tertiary/aromatic N) is 2. The SMILES string of the molecule is C=CCB1OC(C)(C)C(C)(C)O1.C=CCc1cc(F)c(=O)n(C(C(=O)OCC)C(C)C)c1.CCOC(=O)C(C(C)C)n1cc(Br)cc(F)c1=O. The number of ether oxygens (including phenoxy) is 2. The topological polar surface area (TPSA) is 115 Å². The third-order valence-corrected chi connectivity index (χ3v) is 8.42. The Morgan fingerprint density at radius 2 is 1.26 bits per heavy atom. The molecule has 0 saturated carbocycles. The number of hydrogen-bond acceptors (Lipinski definition) is 8. The molecular formula is C36H52BBrF2N2O8. The molecule has 0 spiro atoms. The highest BCUT2D eigenvalue weighted by atomic mass is 79.9. The van der Waals surface area contributed by atoms with E-state index in [2.05, 4.69) is 56.8 Å². The summed E-state index contributed by atoms with van der Waals surface area (Å²) in [7, 11) is -0.118. The van der Waals surface area contributed by atoms with Gasteiger partial charge in [-0.2, -0.15) is 0 Å². The average Bonchev–Trinajstić information content (AvgIpc) is 3.20. The van der Waals surface area contributed by atoms with Crippen LogP contribution in [-0.4, -0.2) is 52.6 Å². The zero-order valence-electron chi connectivity index (χ0n) is 30.9. The molecule has 0 aromatic carbocycles. The summed E-state index contributed by atoms with van der Waals surface area (Å²) in [4.78, 5) is 47.5. The van der Waals surface area contributed by atoms with Gasteiger partial charge in [-0.25, -0.2) is 18.4 Å². The molecule has 1 aliphatic rings. The first-order valence-electron chi connectivity index (χ1n) is 16.6. The van der Waals surface area contributed by atoms with Crippen molar-refractivity contribution >= 4 is 35.0 Å². The largest absolute Gasteiger partial charge is 0.464 e. The van der Waals surface area contributed by atoms with Crippen LogP contribution >= 0.6 is 15.9 Å². The Hall–Kier alpha value is -3.36. The number of pyridine rings is 2. The van der Waals surface area contributed by atoms with E-state index in [1.165, 1.54) is 18.5 Å². The molecule has 2 aromatic heterocycles. The number of rotatable bonds is 12. The number of esters is 2. The maximum atomic E-state index is 13.7. The van der Waals surface area contributed by atoms with Gasteiger partial charge in [0.1, 0.15) is 12.1 Å². The van der Waals surface area contributed by atoms with Crippen LogP contribution < -0.4 is 11.1 Å². The van der Waals surface area contributed by atoms with E-state index in [-0.39, 0.29) is 43.4 Å². The van der Waals surface area contributed by atoms with Crippen molar-refractivity contribution in [1.29, 1.82) is 0 Å². The highest BCUT2D eigenvalue weighted by Gasteiger charge is 2.50. The van der Waals surface area contributed by atoms with Gasteiger partial charge < -0.3 is 18.8 Å². The minimum atomic E-state index is -0.903. The summed E-state index contributed by atoms with van der Waals surface area (Å²) in [5.74, 6) is -3.22. The number of aromatic nitrogens is 2. The van der Waals surface area contributed by atoms with Gasteiger partial charge in [0.25, 0.3) is 11.1 Å². The Balaban J connectivity index is 0.000000386. The molecule has 50 heavy (non-hydrogen) atoms. The maximum absolute atomic E-state index is 13.7. The van der Waals surface area contributed by atoms with Crippen LogP contribution in [0.1, 0.15) is 86.9 Å². The zero-order valence-corrected chi connectivity index (χ0v) is 32.5. The molecule has 2 unspecified atom stereocenters. The Morgan fingerprint density at radius 1 is 0.840 bits per heavy atom. The van der Waals surface area contributed by atoms with E-state index in [1.807, 2.05) is 6.08 Å². The van der Waals surface area contributed by atoms with Crippen molar-refractivity contribution in [2.45, 2.75) is 105 Å². The number of hydrogen-bond donors (Lipinski definition) is 0. The molecule has 278 valence electrons. The van der Waals surface area contributed by atoms with Gasteiger partial charge in [0.05, 0.1) is 24.4 Å². The quantitative estimate of drug-likeness (QED) is 0.126. The van der Waals surface area contributed by atoms with Crippen LogP contribution in [0.2, 0.25) is 6.32 Å². The average molecular weight is 770 g/mol. The smallest absolute Gasteiger partial charge is 0.461 e. The van der Waals surface area contributed by atoms with Gasteiger partial charge in [-0.05, 0) is 93.4 Å². The predicted octanol–water partition coefficient (Wildman–Crippen LogP) is 7.25. The van der Waals surface area contributed by atoms with E-state index >= 15 is 0 Å². The first-order valence-corrected chi connectivity index (χ1v) is 17.4. The molecule has 10 nitrogen and oxygen atoms in total. The van der Waals surface area contributed by atoms with Gasteiger partial charge in [0, 0.05) is 23.2 Å². The normalized spacial score (nSPS) is 15.6. The first-order chi connectivity index (χ1) is 23.2. The Bertz CT molecular complexity index is 1570. The standard InChI is InChI=1S/C15H20FNO3.C12H15BrFNO3.C9H17BO2/c1-5-7-11-8-12(16)14(18)17(9-11)13(10(3)4)15(19)20-6-2;1-4-18-12(17)10(7(2)3)15-6-8(13)5-9(14)11(15)16;1-6-7-10-11-8(2,3)9(4,5)12-10/h5,8-10,13H,1,6-7H2,2-4H3;5-7,10H,4H2,1-3H3;6H,1,7H2,2-5H3. The minimum Gasteiger partial charge on any atom is -0.464 e. The second kappa shape index (κ2) is 19.9. The van der Waals surface area contributed by atoms with Crippen molar-refractivity contribution in [3.8, 4) is 0 Å². The molecule has 3 rings (SSSR count). The molecule has 14 heteroatoms. The van der Waals surface area contributed by atoms with E-state index in [1.54, 1.807) is 47.6 Å². The number of allylic oxidation sites excluding steroid dienone is 2. The lowest BCUT2D eigenvalue weighted by Gasteiger charge is -2.32. The summed E-state index contributed by atoms with van der Waals surface area (Å²) >= 11 is 3.10. The first kappa shape index (κ1) is 44.7. The van der Waals surface area contributed by atoms with Crippen LogP contribution in [-0.2, 0) is 34.8 Å². The van der Waals surface area contributed by atoms with E-state index in [9.17, 15) is 28.0 Å². The fourth-order valence-electron chi connectivity index (χ4n) is 4.92. The summed E-state index contributed by atoms with van der Waals surface area (Å²) in [5.41, 5.74) is -1.47. The Labute approximate surface area is 303 Å². The lowest BCUT2D eigenvalue weighted by Crippen LogP contribution is -2.41. The third kappa shape index (κ3) is 12.2. The third-order valence-electron chi connectivity index (χ3n) is 7.98. The van der Waals surface area contributed by atoms with Gasteiger partial charge in [-0.3, -0.25) is 18.7 Å².